The first-order valence-corrected chi connectivity index (χ1v) is 9.08. The number of nitrogens with zero attached hydrogens (tertiary/aromatic N) is 3. The van der Waals surface area contributed by atoms with Crippen molar-refractivity contribution in [2.24, 2.45) is 0 Å². The van der Waals surface area contributed by atoms with E-state index in [0.29, 0.717) is 24.4 Å². The molecule has 2 amide bonds. The molecule has 0 unspecified atom stereocenters. The molecule has 0 radical (unpaired) electrons. The molecule has 1 aromatic heterocycles. The van der Waals surface area contributed by atoms with Crippen molar-refractivity contribution in [1.29, 1.82) is 0 Å². The molecule has 1 aliphatic rings. The van der Waals surface area contributed by atoms with E-state index in [1.807, 2.05) is 25.8 Å². The lowest BCUT2D eigenvalue weighted by Gasteiger charge is -2.15. The molecular weight excluding hydrogens is 391 g/mol. The molecule has 11 heteroatoms. The molecule has 2 aromatic rings. The van der Waals surface area contributed by atoms with Crippen molar-refractivity contribution in [1.82, 2.24) is 25.7 Å². The average molecular weight is 413 g/mol. The van der Waals surface area contributed by atoms with Gasteiger partial charge in [0.2, 0.25) is 11.7 Å². The Balaban J connectivity index is 1.64. The summed E-state index contributed by atoms with van der Waals surface area (Å²) in [6.45, 7) is 4.38. The van der Waals surface area contributed by atoms with Gasteiger partial charge in [0.05, 0.1) is 6.04 Å². The van der Waals surface area contributed by atoms with Crippen LogP contribution in [0.2, 0.25) is 0 Å². The van der Waals surface area contributed by atoms with Crippen LogP contribution in [0, 0.1) is 0 Å². The highest BCUT2D eigenvalue weighted by atomic mass is 19.4. The second-order valence-electron chi connectivity index (χ2n) is 7.19. The monoisotopic (exact) mass is 413 g/mol. The molecule has 3 rings (SSSR count). The summed E-state index contributed by atoms with van der Waals surface area (Å²) in [6.07, 6.45) is -4.15. The maximum Gasteiger partial charge on any atom is 0.573 e. The quantitative estimate of drug-likeness (QED) is 0.783. The third-order valence-corrected chi connectivity index (χ3v) is 4.38. The van der Waals surface area contributed by atoms with Crippen LogP contribution in [0.4, 0.5) is 18.0 Å². The largest absolute Gasteiger partial charge is 0.573 e. The summed E-state index contributed by atoms with van der Waals surface area (Å²) in [5.41, 5.74) is 0.501. The molecule has 29 heavy (non-hydrogen) atoms. The van der Waals surface area contributed by atoms with Crippen LogP contribution in [0.25, 0.3) is 11.4 Å². The highest BCUT2D eigenvalue weighted by Crippen LogP contribution is 2.31. The summed E-state index contributed by atoms with van der Waals surface area (Å²) >= 11 is 0. The molecule has 1 saturated heterocycles. The Hall–Kier alpha value is -2.82. The molecule has 1 fully saturated rings. The molecule has 0 spiro atoms. The highest BCUT2D eigenvalue weighted by Gasteiger charge is 2.35. The van der Waals surface area contributed by atoms with Gasteiger partial charge in [-0.1, -0.05) is 5.16 Å². The van der Waals surface area contributed by atoms with Crippen LogP contribution in [0.1, 0.15) is 32.2 Å². The number of benzene rings is 1. The Morgan fingerprint density at radius 1 is 1.31 bits per heavy atom. The number of rotatable bonds is 5. The fourth-order valence-corrected chi connectivity index (χ4v) is 3.18. The molecule has 0 aliphatic carbocycles. The lowest BCUT2D eigenvalue weighted by Crippen LogP contribution is -2.45. The first-order valence-electron chi connectivity index (χ1n) is 9.08. The topological polar surface area (TPSA) is 92.5 Å². The first-order chi connectivity index (χ1) is 13.6. The number of likely N-dealkylation sites (tertiary alicyclic amines) is 1. The zero-order valence-electron chi connectivity index (χ0n) is 16.2. The first kappa shape index (κ1) is 20.9. The number of amides is 2. The predicted molar refractivity (Wildman–Crippen MR) is 97.0 cm³/mol. The number of carbonyl (C=O) groups excluding carboxylic acids is 1. The number of hydrogen-bond donors (Lipinski definition) is 2. The van der Waals surface area contributed by atoms with Crippen LogP contribution < -0.4 is 15.4 Å². The lowest BCUT2D eigenvalue weighted by molar-refractivity contribution is -0.274. The molecule has 2 heterocycles. The zero-order chi connectivity index (χ0) is 21.2. The Labute approximate surface area is 165 Å². The Morgan fingerprint density at radius 2 is 2.00 bits per heavy atom. The van der Waals surface area contributed by atoms with Crippen LogP contribution in [-0.2, 0) is 0 Å². The molecule has 158 valence electrons. The maximum absolute atomic E-state index is 12.3. The molecule has 0 bridgehead atoms. The van der Waals surface area contributed by atoms with E-state index in [9.17, 15) is 18.0 Å². The van der Waals surface area contributed by atoms with Crippen LogP contribution in [0.5, 0.6) is 5.75 Å². The molecule has 8 nitrogen and oxygen atoms in total. The van der Waals surface area contributed by atoms with Gasteiger partial charge < -0.3 is 19.9 Å². The summed E-state index contributed by atoms with van der Waals surface area (Å²) in [5.74, 6) is 0.321. The maximum atomic E-state index is 12.3. The Kier molecular flexibility index (Phi) is 5.96. The smallest absolute Gasteiger partial charge is 0.406 e. The zero-order valence-corrected chi connectivity index (χ0v) is 16.2. The number of likely N-dealkylation sites (N-methyl/N-ethyl adjacent to an activating group) is 1. The van der Waals surface area contributed by atoms with Crippen molar-refractivity contribution in [3.63, 3.8) is 0 Å². The number of hydrogen-bond acceptors (Lipinski definition) is 6. The number of ether oxygens (including phenoxy) is 1. The van der Waals surface area contributed by atoms with Crippen LogP contribution in [0.3, 0.4) is 0 Å². The fourth-order valence-electron chi connectivity index (χ4n) is 3.18. The van der Waals surface area contributed by atoms with Gasteiger partial charge in [-0.3, -0.25) is 4.90 Å². The number of carbonyl (C=O) groups is 1. The van der Waals surface area contributed by atoms with Crippen molar-refractivity contribution in [2.45, 2.75) is 44.8 Å². The lowest BCUT2D eigenvalue weighted by atomic mass is 10.1. The van der Waals surface area contributed by atoms with Gasteiger partial charge in [0.1, 0.15) is 5.75 Å². The van der Waals surface area contributed by atoms with E-state index in [1.165, 1.54) is 24.3 Å². The molecule has 2 atom stereocenters. The molecule has 2 N–H and O–H groups in total. The van der Waals surface area contributed by atoms with Gasteiger partial charge in [-0.2, -0.15) is 4.98 Å². The number of urea groups is 1. The van der Waals surface area contributed by atoms with Gasteiger partial charge in [0.15, 0.2) is 0 Å². The summed E-state index contributed by atoms with van der Waals surface area (Å²) in [7, 11) is 1.89. The second kappa shape index (κ2) is 8.27. The summed E-state index contributed by atoms with van der Waals surface area (Å²) in [5, 5.41) is 9.62. The second-order valence-corrected chi connectivity index (χ2v) is 7.19. The summed E-state index contributed by atoms with van der Waals surface area (Å²) < 4.78 is 46.0. The molecule has 0 saturated carbocycles. The Morgan fingerprint density at radius 3 is 2.62 bits per heavy atom. The minimum atomic E-state index is -4.75. The van der Waals surface area contributed by atoms with E-state index in [1.54, 1.807) is 0 Å². The van der Waals surface area contributed by atoms with Crippen molar-refractivity contribution >= 4 is 6.03 Å². The van der Waals surface area contributed by atoms with E-state index >= 15 is 0 Å². The molecular formula is C18H22F3N5O3. The fraction of sp³-hybridized carbons (Fsp3) is 0.500. The van der Waals surface area contributed by atoms with E-state index in [4.69, 9.17) is 4.52 Å². The summed E-state index contributed by atoms with van der Waals surface area (Å²) in [4.78, 5) is 18.3. The van der Waals surface area contributed by atoms with E-state index in [2.05, 4.69) is 25.5 Å². The van der Waals surface area contributed by atoms with Crippen molar-refractivity contribution in [3.05, 3.63) is 30.2 Å². The van der Waals surface area contributed by atoms with Crippen molar-refractivity contribution in [3.8, 4) is 17.1 Å². The van der Waals surface area contributed by atoms with E-state index < -0.39 is 6.36 Å². The normalized spacial score (nSPS) is 20.1. The van der Waals surface area contributed by atoms with E-state index in [-0.39, 0.29) is 35.7 Å². The SMILES string of the molecule is CC(C)NC(=O)N[C@@H]1C[C@@H](c2nc(-c3ccc(OC(F)(F)F)cc3)no2)N(C)C1. The molecule has 1 aromatic carbocycles. The Bertz CT molecular complexity index is 838. The number of halogens is 3. The third kappa shape index (κ3) is 5.59. The van der Waals surface area contributed by atoms with Crippen LogP contribution in [-0.4, -0.2) is 53.1 Å². The van der Waals surface area contributed by atoms with Gasteiger partial charge in [-0.05, 0) is 51.6 Å². The van der Waals surface area contributed by atoms with Gasteiger partial charge in [-0.25, -0.2) is 4.79 Å². The third-order valence-electron chi connectivity index (χ3n) is 4.38. The standard InChI is InChI=1S/C18H22F3N5O3/c1-10(2)22-17(27)23-12-8-14(26(3)9-12)16-24-15(25-29-16)11-4-6-13(7-5-11)28-18(19,20)21/h4-7,10,12,14H,8-9H2,1-3H3,(H2,22,23,27)/t12-,14+/m1/s1. The number of alkyl halides is 3. The van der Waals surface area contributed by atoms with Gasteiger partial charge >= 0.3 is 12.4 Å². The number of aromatic nitrogens is 2. The minimum absolute atomic E-state index is 0.0383. The van der Waals surface area contributed by atoms with Crippen LogP contribution >= 0.6 is 0 Å². The summed E-state index contributed by atoms with van der Waals surface area (Å²) in [6, 6.07) is 4.79. The van der Waals surface area contributed by atoms with Gasteiger partial charge in [-0.15, -0.1) is 13.2 Å². The van der Waals surface area contributed by atoms with Crippen molar-refractivity contribution < 1.29 is 27.2 Å². The highest BCUT2D eigenvalue weighted by molar-refractivity contribution is 5.74. The average Bonchev–Trinajstić information content (AvgIpc) is 3.20. The van der Waals surface area contributed by atoms with Crippen LogP contribution in [0.15, 0.2) is 28.8 Å². The van der Waals surface area contributed by atoms with Gasteiger partial charge in [0, 0.05) is 24.2 Å². The van der Waals surface area contributed by atoms with Gasteiger partial charge in [0.25, 0.3) is 0 Å². The predicted octanol–water partition coefficient (Wildman–Crippen LogP) is 3.09. The van der Waals surface area contributed by atoms with E-state index in [0.717, 1.165) is 0 Å². The number of nitrogens with one attached hydrogen (secondary N) is 2. The minimum Gasteiger partial charge on any atom is -0.406 e. The molecule has 1 aliphatic heterocycles. The van der Waals surface area contributed by atoms with Crippen molar-refractivity contribution in [2.75, 3.05) is 13.6 Å².